The third-order valence-corrected chi connectivity index (χ3v) is 1.83. The van der Waals surface area contributed by atoms with E-state index in [1.165, 1.54) is 0 Å². The Morgan fingerprint density at radius 2 is 2.18 bits per heavy atom. The predicted molar refractivity (Wildman–Crippen MR) is 48.1 cm³/mol. The van der Waals surface area contributed by atoms with Gasteiger partial charge in [0, 0.05) is 4.90 Å². The number of hydrogen-bond donors (Lipinski definition) is 3. The number of rotatable bonds is 2. The molecule has 0 unspecified atom stereocenters. The second-order valence-corrected chi connectivity index (χ2v) is 2.84. The molecular weight excluding hydrogens is 158 g/mol. The van der Waals surface area contributed by atoms with Crippen molar-refractivity contribution in [2.24, 2.45) is 5.73 Å². The van der Waals surface area contributed by atoms with E-state index in [9.17, 15) is 0 Å². The van der Waals surface area contributed by atoms with E-state index in [2.05, 4.69) is 12.6 Å². The van der Waals surface area contributed by atoms with Crippen LogP contribution in [-0.4, -0.2) is 11.7 Å². The van der Waals surface area contributed by atoms with Crippen LogP contribution in [0.25, 0.3) is 0 Å². The van der Waals surface area contributed by atoms with Crippen molar-refractivity contribution in [3.05, 3.63) is 23.8 Å². The first-order valence-electron chi connectivity index (χ1n) is 3.45. The number of aromatic hydroxyl groups is 1. The van der Waals surface area contributed by atoms with E-state index in [-0.39, 0.29) is 5.75 Å². The van der Waals surface area contributed by atoms with Crippen LogP contribution in [0.4, 0.5) is 0 Å². The summed E-state index contributed by atoms with van der Waals surface area (Å²) in [6.07, 6.45) is 0.827. The molecule has 2 nitrogen and oxygen atoms in total. The standard InChI is InChI=1S/C8H11NOS/c9-4-3-6-1-2-7(10)8(11)5-6/h1-2,5,10-11H,3-4,9H2. The number of thiol groups is 1. The lowest BCUT2D eigenvalue weighted by Crippen LogP contribution is -2.02. The van der Waals surface area contributed by atoms with Gasteiger partial charge in [-0.25, -0.2) is 0 Å². The van der Waals surface area contributed by atoms with E-state index >= 15 is 0 Å². The lowest BCUT2D eigenvalue weighted by molar-refractivity contribution is 0.462. The summed E-state index contributed by atoms with van der Waals surface area (Å²) in [4.78, 5) is 0.607. The topological polar surface area (TPSA) is 46.2 Å². The number of phenols is 1. The zero-order valence-corrected chi connectivity index (χ0v) is 7.01. The van der Waals surface area contributed by atoms with Gasteiger partial charge in [0.1, 0.15) is 5.75 Å². The summed E-state index contributed by atoms with van der Waals surface area (Å²) < 4.78 is 0. The van der Waals surface area contributed by atoms with Gasteiger partial charge in [-0.15, -0.1) is 12.6 Å². The fourth-order valence-electron chi connectivity index (χ4n) is 0.891. The monoisotopic (exact) mass is 169 g/mol. The molecule has 11 heavy (non-hydrogen) atoms. The second-order valence-electron chi connectivity index (χ2n) is 2.36. The molecule has 0 aliphatic rings. The van der Waals surface area contributed by atoms with Crippen molar-refractivity contribution < 1.29 is 5.11 Å². The predicted octanol–water partition coefficient (Wildman–Crippen LogP) is 1.18. The SMILES string of the molecule is NCCc1ccc(O)c(S)c1. The Balaban J connectivity index is 2.86. The Kier molecular flexibility index (Phi) is 2.79. The van der Waals surface area contributed by atoms with E-state index in [0.717, 1.165) is 12.0 Å². The van der Waals surface area contributed by atoms with Gasteiger partial charge < -0.3 is 10.8 Å². The molecule has 0 aliphatic heterocycles. The van der Waals surface area contributed by atoms with Gasteiger partial charge in [-0.05, 0) is 30.7 Å². The van der Waals surface area contributed by atoms with Crippen LogP contribution in [0, 0.1) is 0 Å². The fraction of sp³-hybridized carbons (Fsp3) is 0.250. The second kappa shape index (κ2) is 3.64. The molecule has 0 heterocycles. The fourth-order valence-corrected chi connectivity index (χ4v) is 1.13. The maximum atomic E-state index is 9.10. The summed E-state index contributed by atoms with van der Waals surface area (Å²) in [6, 6.07) is 5.31. The number of nitrogens with two attached hydrogens (primary N) is 1. The molecule has 1 rings (SSSR count). The molecule has 1 aromatic rings. The first-order chi connectivity index (χ1) is 5.24. The third kappa shape index (κ3) is 2.13. The lowest BCUT2D eigenvalue weighted by Gasteiger charge is -2.01. The summed E-state index contributed by atoms with van der Waals surface area (Å²) in [7, 11) is 0. The minimum atomic E-state index is 0.217. The van der Waals surface area contributed by atoms with Gasteiger partial charge in [0.15, 0.2) is 0 Å². The van der Waals surface area contributed by atoms with E-state index in [4.69, 9.17) is 10.8 Å². The van der Waals surface area contributed by atoms with Gasteiger partial charge in [-0.2, -0.15) is 0 Å². The largest absolute Gasteiger partial charge is 0.507 e. The molecular formula is C8H11NOS. The molecule has 0 amide bonds. The van der Waals surface area contributed by atoms with Crippen LogP contribution in [0.15, 0.2) is 23.1 Å². The molecule has 1 aromatic carbocycles. The van der Waals surface area contributed by atoms with Crippen molar-refractivity contribution in [1.82, 2.24) is 0 Å². The minimum Gasteiger partial charge on any atom is -0.507 e. The zero-order valence-electron chi connectivity index (χ0n) is 6.12. The quantitative estimate of drug-likeness (QED) is 0.582. The average molecular weight is 169 g/mol. The van der Waals surface area contributed by atoms with Crippen LogP contribution in [0.1, 0.15) is 5.56 Å². The Morgan fingerprint density at radius 3 is 2.73 bits per heavy atom. The zero-order chi connectivity index (χ0) is 8.27. The van der Waals surface area contributed by atoms with Crippen molar-refractivity contribution in [3.63, 3.8) is 0 Å². The van der Waals surface area contributed by atoms with E-state index in [1.54, 1.807) is 6.07 Å². The molecule has 0 spiro atoms. The van der Waals surface area contributed by atoms with E-state index < -0.39 is 0 Å². The summed E-state index contributed by atoms with van der Waals surface area (Å²) in [5.41, 5.74) is 6.47. The van der Waals surface area contributed by atoms with Crippen LogP contribution in [0.2, 0.25) is 0 Å². The van der Waals surface area contributed by atoms with Crippen molar-refractivity contribution >= 4 is 12.6 Å². The molecule has 0 aromatic heterocycles. The van der Waals surface area contributed by atoms with Crippen LogP contribution in [0.5, 0.6) is 5.75 Å². The summed E-state index contributed by atoms with van der Waals surface area (Å²) in [5, 5.41) is 9.10. The van der Waals surface area contributed by atoms with Crippen LogP contribution in [0.3, 0.4) is 0 Å². The summed E-state index contributed by atoms with van der Waals surface area (Å²) >= 11 is 4.07. The molecule has 3 N–H and O–H groups in total. The Labute approximate surface area is 71.5 Å². The first kappa shape index (κ1) is 8.43. The minimum absolute atomic E-state index is 0.217. The normalized spacial score (nSPS) is 10.0. The summed E-state index contributed by atoms with van der Waals surface area (Å²) in [6.45, 7) is 0.623. The first-order valence-corrected chi connectivity index (χ1v) is 3.89. The summed E-state index contributed by atoms with van der Waals surface area (Å²) in [5.74, 6) is 0.217. The molecule has 0 saturated carbocycles. The van der Waals surface area contributed by atoms with E-state index in [0.29, 0.717) is 11.4 Å². The van der Waals surface area contributed by atoms with Crippen molar-refractivity contribution in [2.45, 2.75) is 11.3 Å². The number of benzene rings is 1. The Hall–Kier alpha value is -0.670. The Bertz CT molecular complexity index is 250. The molecule has 0 aliphatic carbocycles. The van der Waals surface area contributed by atoms with Crippen molar-refractivity contribution in [1.29, 1.82) is 0 Å². The van der Waals surface area contributed by atoms with Crippen molar-refractivity contribution in [2.75, 3.05) is 6.54 Å². The van der Waals surface area contributed by atoms with Gasteiger partial charge in [-0.1, -0.05) is 6.07 Å². The molecule has 0 radical (unpaired) electrons. The van der Waals surface area contributed by atoms with Gasteiger partial charge in [0.05, 0.1) is 0 Å². The van der Waals surface area contributed by atoms with Gasteiger partial charge in [0.2, 0.25) is 0 Å². The molecule has 0 fully saturated rings. The van der Waals surface area contributed by atoms with Gasteiger partial charge >= 0.3 is 0 Å². The highest BCUT2D eigenvalue weighted by Gasteiger charge is 1.96. The van der Waals surface area contributed by atoms with Gasteiger partial charge in [-0.3, -0.25) is 0 Å². The highest BCUT2D eigenvalue weighted by molar-refractivity contribution is 7.80. The van der Waals surface area contributed by atoms with Crippen LogP contribution >= 0.6 is 12.6 Å². The van der Waals surface area contributed by atoms with Crippen molar-refractivity contribution in [3.8, 4) is 5.75 Å². The molecule has 0 atom stereocenters. The number of hydrogen-bond acceptors (Lipinski definition) is 3. The molecule has 0 saturated heterocycles. The smallest absolute Gasteiger partial charge is 0.128 e. The third-order valence-electron chi connectivity index (χ3n) is 1.47. The van der Waals surface area contributed by atoms with Gasteiger partial charge in [0.25, 0.3) is 0 Å². The maximum Gasteiger partial charge on any atom is 0.128 e. The highest BCUT2D eigenvalue weighted by Crippen LogP contribution is 2.21. The lowest BCUT2D eigenvalue weighted by atomic mass is 10.1. The highest BCUT2D eigenvalue weighted by atomic mass is 32.1. The van der Waals surface area contributed by atoms with E-state index in [1.807, 2.05) is 12.1 Å². The molecule has 0 bridgehead atoms. The molecule has 3 heteroatoms. The van der Waals surface area contributed by atoms with Crippen LogP contribution < -0.4 is 5.73 Å². The number of phenolic OH excluding ortho intramolecular Hbond substituents is 1. The molecule has 60 valence electrons. The average Bonchev–Trinajstić information content (AvgIpc) is 1.98. The maximum absolute atomic E-state index is 9.10. The Morgan fingerprint density at radius 1 is 1.45 bits per heavy atom. The van der Waals surface area contributed by atoms with Crippen LogP contribution in [-0.2, 0) is 6.42 Å².